The van der Waals surface area contributed by atoms with E-state index in [-0.39, 0.29) is 6.61 Å². The molecule has 0 spiro atoms. The minimum absolute atomic E-state index is 0.0196. The number of thiazole rings is 1. The fourth-order valence-corrected chi connectivity index (χ4v) is 1.52. The summed E-state index contributed by atoms with van der Waals surface area (Å²) >= 11 is 1.40. The molecule has 12 heavy (non-hydrogen) atoms. The lowest BCUT2D eigenvalue weighted by atomic mass is 10.6. The average molecular weight is 182 g/mol. The molecule has 62 valence electrons. The summed E-state index contributed by atoms with van der Waals surface area (Å²) in [7, 11) is 0. The first-order valence-electron chi connectivity index (χ1n) is 3.31. The Labute approximate surface area is 72.1 Å². The Kier molecular flexibility index (Phi) is 1.84. The van der Waals surface area contributed by atoms with E-state index in [1.54, 1.807) is 6.20 Å². The number of aromatic amines is 1. The summed E-state index contributed by atoms with van der Waals surface area (Å²) in [5.41, 5.74) is 0. The van der Waals surface area contributed by atoms with Gasteiger partial charge in [0.2, 0.25) is 0 Å². The standard InChI is InChI=1S/C6H6N4OS/c11-2-4-1-7-6(12-4)5-8-3-9-10-5/h1,3,11H,2H2,(H,8,9,10). The van der Waals surface area contributed by atoms with Crippen molar-refractivity contribution in [2.24, 2.45) is 0 Å². The van der Waals surface area contributed by atoms with Crippen LogP contribution >= 0.6 is 11.3 Å². The minimum Gasteiger partial charge on any atom is -0.391 e. The van der Waals surface area contributed by atoms with Crippen LogP contribution in [-0.2, 0) is 6.61 Å². The third kappa shape index (κ3) is 1.21. The van der Waals surface area contributed by atoms with Gasteiger partial charge in [-0.05, 0) is 0 Å². The SMILES string of the molecule is OCc1cnc(-c2ncn[nH]2)s1. The highest BCUT2D eigenvalue weighted by Gasteiger charge is 2.05. The summed E-state index contributed by atoms with van der Waals surface area (Å²) in [5.74, 6) is 0.639. The van der Waals surface area contributed by atoms with Gasteiger partial charge in [0.15, 0.2) is 10.8 Å². The molecule has 0 bridgehead atoms. The molecule has 2 N–H and O–H groups in total. The van der Waals surface area contributed by atoms with Crippen molar-refractivity contribution in [3.63, 3.8) is 0 Å². The normalized spacial score (nSPS) is 10.4. The quantitative estimate of drug-likeness (QED) is 0.705. The molecule has 0 saturated heterocycles. The molecule has 0 aliphatic rings. The summed E-state index contributed by atoms with van der Waals surface area (Å²) in [6, 6.07) is 0. The van der Waals surface area contributed by atoms with Crippen LogP contribution in [0, 0.1) is 0 Å². The number of hydrogen-bond acceptors (Lipinski definition) is 5. The Bertz CT molecular complexity index is 355. The van der Waals surface area contributed by atoms with Gasteiger partial charge in [-0.2, -0.15) is 5.10 Å². The van der Waals surface area contributed by atoms with Gasteiger partial charge in [0.1, 0.15) is 6.33 Å². The molecule has 0 atom stereocenters. The van der Waals surface area contributed by atoms with Crippen molar-refractivity contribution in [3.8, 4) is 10.8 Å². The van der Waals surface area contributed by atoms with E-state index in [2.05, 4.69) is 20.2 Å². The molecular formula is C6H6N4OS. The second kappa shape index (κ2) is 3.00. The van der Waals surface area contributed by atoms with Gasteiger partial charge in [0, 0.05) is 6.20 Å². The topological polar surface area (TPSA) is 74.7 Å². The lowest BCUT2D eigenvalue weighted by Gasteiger charge is -1.84. The van der Waals surface area contributed by atoms with Crippen LogP contribution in [0.2, 0.25) is 0 Å². The number of nitrogens with one attached hydrogen (secondary N) is 1. The Morgan fingerprint density at radius 1 is 1.50 bits per heavy atom. The van der Waals surface area contributed by atoms with Crippen LogP contribution in [-0.4, -0.2) is 25.3 Å². The van der Waals surface area contributed by atoms with E-state index in [4.69, 9.17) is 5.11 Å². The van der Waals surface area contributed by atoms with Crippen LogP contribution in [0.5, 0.6) is 0 Å². The summed E-state index contributed by atoms with van der Waals surface area (Å²) in [4.78, 5) is 8.81. The van der Waals surface area contributed by atoms with Crippen LogP contribution < -0.4 is 0 Å². The molecule has 0 aromatic carbocycles. The van der Waals surface area contributed by atoms with Crippen molar-refractivity contribution in [2.75, 3.05) is 0 Å². The molecule has 2 rings (SSSR count). The molecule has 0 unspecified atom stereocenters. The van der Waals surface area contributed by atoms with Crippen molar-refractivity contribution in [2.45, 2.75) is 6.61 Å². The average Bonchev–Trinajstić information content (AvgIpc) is 2.75. The number of aromatic nitrogens is 4. The van der Waals surface area contributed by atoms with Crippen molar-refractivity contribution < 1.29 is 5.11 Å². The zero-order valence-electron chi connectivity index (χ0n) is 6.06. The van der Waals surface area contributed by atoms with Crippen LogP contribution in [0.4, 0.5) is 0 Å². The first kappa shape index (κ1) is 7.38. The molecule has 0 saturated carbocycles. The van der Waals surface area contributed by atoms with Gasteiger partial charge in [-0.25, -0.2) is 9.97 Å². The monoisotopic (exact) mass is 182 g/mol. The number of hydrogen-bond donors (Lipinski definition) is 2. The third-order valence-corrected chi connectivity index (χ3v) is 2.32. The zero-order chi connectivity index (χ0) is 8.39. The highest BCUT2D eigenvalue weighted by molar-refractivity contribution is 7.14. The molecule has 2 heterocycles. The molecule has 6 heteroatoms. The van der Waals surface area contributed by atoms with Crippen molar-refractivity contribution in [1.82, 2.24) is 20.2 Å². The van der Waals surface area contributed by atoms with E-state index in [0.717, 1.165) is 9.88 Å². The fraction of sp³-hybridized carbons (Fsp3) is 0.167. The van der Waals surface area contributed by atoms with E-state index in [0.29, 0.717) is 5.82 Å². The molecule has 0 fully saturated rings. The van der Waals surface area contributed by atoms with Gasteiger partial charge in [-0.15, -0.1) is 11.3 Å². The van der Waals surface area contributed by atoms with Gasteiger partial charge >= 0.3 is 0 Å². The predicted octanol–water partition coefficient (Wildman–Crippen LogP) is 0.420. The van der Waals surface area contributed by atoms with Crippen molar-refractivity contribution in [1.29, 1.82) is 0 Å². The smallest absolute Gasteiger partial charge is 0.184 e. The highest BCUT2D eigenvalue weighted by atomic mass is 32.1. The van der Waals surface area contributed by atoms with Gasteiger partial charge in [-0.3, -0.25) is 5.10 Å². The number of H-pyrrole nitrogens is 1. The number of aliphatic hydroxyl groups excluding tert-OH is 1. The molecular weight excluding hydrogens is 176 g/mol. The third-order valence-electron chi connectivity index (χ3n) is 1.33. The molecule has 5 nitrogen and oxygen atoms in total. The van der Waals surface area contributed by atoms with Crippen LogP contribution in [0.25, 0.3) is 10.8 Å². The lowest BCUT2D eigenvalue weighted by molar-refractivity contribution is 0.285. The van der Waals surface area contributed by atoms with Gasteiger partial charge < -0.3 is 5.11 Å². The summed E-state index contributed by atoms with van der Waals surface area (Å²) < 4.78 is 0. The Morgan fingerprint density at radius 2 is 2.42 bits per heavy atom. The Hall–Kier alpha value is -1.27. The molecule has 0 amide bonds. The van der Waals surface area contributed by atoms with Crippen LogP contribution in [0.3, 0.4) is 0 Å². The first-order valence-corrected chi connectivity index (χ1v) is 4.13. The van der Waals surface area contributed by atoms with Crippen molar-refractivity contribution in [3.05, 3.63) is 17.4 Å². The maximum absolute atomic E-state index is 8.77. The largest absolute Gasteiger partial charge is 0.391 e. The Balaban J connectivity index is 2.35. The fourth-order valence-electron chi connectivity index (χ4n) is 0.799. The highest BCUT2D eigenvalue weighted by Crippen LogP contribution is 2.20. The van der Waals surface area contributed by atoms with E-state index < -0.39 is 0 Å². The number of aliphatic hydroxyl groups is 1. The minimum atomic E-state index is 0.0196. The van der Waals surface area contributed by atoms with E-state index in [9.17, 15) is 0 Å². The maximum atomic E-state index is 8.77. The lowest BCUT2D eigenvalue weighted by Crippen LogP contribution is -1.76. The number of rotatable bonds is 2. The first-order chi connectivity index (χ1) is 5.90. The predicted molar refractivity (Wildman–Crippen MR) is 43.4 cm³/mol. The van der Waals surface area contributed by atoms with Gasteiger partial charge in [0.25, 0.3) is 0 Å². The van der Waals surface area contributed by atoms with Gasteiger partial charge in [-0.1, -0.05) is 0 Å². The van der Waals surface area contributed by atoms with E-state index in [1.165, 1.54) is 17.7 Å². The second-order valence-electron chi connectivity index (χ2n) is 2.12. The summed E-state index contributed by atoms with van der Waals surface area (Å²) in [6.07, 6.45) is 3.05. The van der Waals surface area contributed by atoms with E-state index >= 15 is 0 Å². The summed E-state index contributed by atoms with van der Waals surface area (Å²) in [6.45, 7) is 0.0196. The molecule has 0 aliphatic carbocycles. The number of nitrogens with zero attached hydrogens (tertiary/aromatic N) is 3. The van der Waals surface area contributed by atoms with E-state index in [1.807, 2.05) is 0 Å². The molecule has 0 radical (unpaired) electrons. The Morgan fingerprint density at radius 3 is 3.00 bits per heavy atom. The summed E-state index contributed by atoms with van der Waals surface area (Å²) in [5, 5.41) is 15.9. The molecule has 2 aromatic heterocycles. The molecule has 2 aromatic rings. The maximum Gasteiger partial charge on any atom is 0.184 e. The zero-order valence-corrected chi connectivity index (χ0v) is 6.88. The second-order valence-corrected chi connectivity index (χ2v) is 3.24. The van der Waals surface area contributed by atoms with Crippen molar-refractivity contribution >= 4 is 11.3 Å². The van der Waals surface area contributed by atoms with Crippen LogP contribution in [0.15, 0.2) is 12.5 Å². The van der Waals surface area contributed by atoms with Gasteiger partial charge in [0.05, 0.1) is 11.5 Å². The molecule has 0 aliphatic heterocycles. The van der Waals surface area contributed by atoms with Crippen LogP contribution in [0.1, 0.15) is 4.88 Å².